The summed E-state index contributed by atoms with van der Waals surface area (Å²) in [6.07, 6.45) is 0. The lowest BCUT2D eigenvalue weighted by Gasteiger charge is -2.18. The maximum atomic E-state index is 11.7. The van der Waals surface area contributed by atoms with Crippen molar-refractivity contribution in [3.63, 3.8) is 0 Å². The molecule has 0 saturated carbocycles. The van der Waals surface area contributed by atoms with Crippen molar-refractivity contribution in [1.29, 1.82) is 0 Å². The van der Waals surface area contributed by atoms with Crippen LogP contribution in [0.25, 0.3) is 0 Å². The minimum absolute atomic E-state index is 0. The average molecular weight is 263 g/mol. The molecule has 2 atom stereocenters. The van der Waals surface area contributed by atoms with E-state index >= 15 is 0 Å². The molecule has 1 amide bonds. The molecular formula is C11H19ClN2OS. The van der Waals surface area contributed by atoms with Crippen LogP contribution in [0, 0.1) is 5.92 Å². The first-order chi connectivity index (χ1) is 7.02. The van der Waals surface area contributed by atoms with Crippen LogP contribution in [0.1, 0.15) is 31.7 Å². The van der Waals surface area contributed by atoms with Gasteiger partial charge in [0.05, 0.1) is 12.1 Å². The lowest BCUT2D eigenvalue weighted by Crippen LogP contribution is -2.44. The highest BCUT2D eigenvalue weighted by atomic mass is 35.5. The number of carbonyl (C=O) groups is 1. The zero-order valence-electron chi connectivity index (χ0n) is 9.77. The van der Waals surface area contributed by atoms with Crippen LogP contribution in [0.4, 0.5) is 0 Å². The fourth-order valence-corrected chi connectivity index (χ4v) is 1.96. The summed E-state index contributed by atoms with van der Waals surface area (Å²) in [5.41, 5.74) is 5.75. The second kappa shape index (κ2) is 6.89. The second-order valence-electron chi connectivity index (χ2n) is 4.02. The second-order valence-corrected chi connectivity index (χ2v) is 4.99. The van der Waals surface area contributed by atoms with Crippen molar-refractivity contribution < 1.29 is 4.79 Å². The van der Waals surface area contributed by atoms with Crippen molar-refractivity contribution in [2.24, 2.45) is 11.7 Å². The van der Waals surface area contributed by atoms with Gasteiger partial charge in [-0.1, -0.05) is 19.9 Å². The highest BCUT2D eigenvalue weighted by Gasteiger charge is 2.19. The molecule has 0 aliphatic heterocycles. The smallest absolute Gasteiger partial charge is 0.237 e. The fourth-order valence-electron chi connectivity index (χ4n) is 1.22. The molecule has 1 rings (SSSR count). The summed E-state index contributed by atoms with van der Waals surface area (Å²) in [6.45, 7) is 5.86. The Hall–Kier alpha value is -0.580. The van der Waals surface area contributed by atoms with E-state index in [1.165, 1.54) is 0 Å². The molecule has 0 aliphatic rings. The van der Waals surface area contributed by atoms with Gasteiger partial charge in [0.2, 0.25) is 5.91 Å². The Labute approximate surface area is 107 Å². The van der Waals surface area contributed by atoms with E-state index < -0.39 is 6.04 Å². The van der Waals surface area contributed by atoms with Crippen LogP contribution in [0.5, 0.6) is 0 Å². The van der Waals surface area contributed by atoms with E-state index in [4.69, 9.17) is 5.73 Å². The third-order valence-electron chi connectivity index (χ3n) is 2.35. The molecule has 0 radical (unpaired) electrons. The number of thiophene rings is 1. The number of hydrogen-bond donors (Lipinski definition) is 2. The molecule has 92 valence electrons. The summed E-state index contributed by atoms with van der Waals surface area (Å²) in [7, 11) is 0. The van der Waals surface area contributed by atoms with Crippen LogP contribution in [0.15, 0.2) is 17.5 Å². The van der Waals surface area contributed by atoms with Crippen molar-refractivity contribution in [3.8, 4) is 0 Å². The molecule has 3 N–H and O–H groups in total. The quantitative estimate of drug-likeness (QED) is 0.875. The van der Waals surface area contributed by atoms with Gasteiger partial charge < -0.3 is 11.1 Å². The number of amides is 1. The van der Waals surface area contributed by atoms with Crippen molar-refractivity contribution >= 4 is 29.7 Å². The van der Waals surface area contributed by atoms with Gasteiger partial charge in [-0.25, -0.2) is 0 Å². The first kappa shape index (κ1) is 15.4. The Kier molecular flexibility index (Phi) is 6.64. The topological polar surface area (TPSA) is 55.1 Å². The zero-order chi connectivity index (χ0) is 11.4. The molecule has 1 heterocycles. The lowest BCUT2D eigenvalue weighted by molar-refractivity contribution is -0.123. The van der Waals surface area contributed by atoms with E-state index in [-0.39, 0.29) is 30.3 Å². The summed E-state index contributed by atoms with van der Waals surface area (Å²) in [6, 6.07) is 3.61. The van der Waals surface area contributed by atoms with Crippen LogP contribution < -0.4 is 11.1 Å². The predicted octanol–water partition coefficient (Wildman–Crippen LogP) is 2.33. The van der Waals surface area contributed by atoms with Crippen LogP contribution >= 0.6 is 23.7 Å². The highest BCUT2D eigenvalue weighted by molar-refractivity contribution is 7.10. The van der Waals surface area contributed by atoms with Crippen molar-refractivity contribution in [3.05, 3.63) is 22.4 Å². The molecule has 0 aliphatic carbocycles. The molecule has 5 heteroatoms. The molecule has 0 spiro atoms. The predicted molar refractivity (Wildman–Crippen MR) is 70.9 cm³/mol. The van der Waals surface area contributed by atoms with Crippen molar-refractivity contribution in [2.45, 2.75) is 32.9 Å². The lowest BCUT2D eigenvalue weighted by atomic mass is 10.0. The van der Waals surface area contributed by atoms with Gasteiger partial charge >= 0.3 is 0 Å². The van der Waals surface area contributed by atoms with Gasteiger partial charge in [-0.2, -0.15) is 0 Å². The van der Waals surface area contributed by atoms with E-state index in [1.807, 2.05) is 38.3 Å². The van der Waals surface area contributed by atoms with Gasteiger partial charge in [0.1, 0.15) is 0 Å². The molecule has 3 nitrogen and oxygen atoms in total. The van der Waals surface area contributed by atoms with Crippen LogP contribution in [0.3, 0.4) is 0 Å². The first-order valence-electron chi connectivity index (χ1n) is 5.11. The summed E-state index contributed by atoms with van der Waals surface area (Å²) < 4.78 is 0. The van der Waals surface area contributed by atoms with E-state index in [1.54, 1.807) is 11.3 Å². The summed E-state index contributed by atoms with van der Waals surface area (Å²) in [5.74, 6) is 0.0893. The van der Waals surface area contributed by atoms with E-state index in [2.05, 4.69) is 5.32 Å². The molecule has 1 aromatic rings. The minimum atomic E-state index is -0.424. The fraction of sp³-hybridized carbons (Fsp3) is 0.545. The maximum Gasteiger partial charge on any atom is 0.237 e. The first-order valence-corrected chi connectivity index (χ1v) is 5.99. The van der Waals surface area contributed by atoms with Gasteiger partial charge in [-0.05, 0) is 24.3 Å². The van der Waals surface area contributed by atoms with E-state index in [0.29, 0.717) is 0 Å². The molecule has 0 saturated heterocycles. The highest BCUT2D eigenvalue weighted by Crippen LogP contribution is 2.18. The van der Waals surface area contributed by atoms with Crippen molar-refractivity contribution in [1.82, 2.24) is 5.32 Å². The number of rotatable bonds is 4. The zero-order valence-corrected chi connectivity index (χ0v) is 11.4. The largest absolute Gasteiger partial charge is 0.347 e. The normalized spacial score (nSPS) is 14.1. The van der Waals surface area contributed by atoms with E-state index in [0.717, 1.165) is 4.88 Å². The number of nitrogens with one attached hydrogen (secondary N) is 1. The Balaban J connectivity index is 0.00000225. The Morgan fingerprint density at radius 3 is 2.50 bits per heavy atom. The Morgan fingerprint density at radius 1 is 1.44 bits per heavy atom. The third-order valence-corrected chi connectivity index (χ3v) is 3.40. The third kappa shape index (κ3) is 4.12. The standard InChI is InChI=1S/C11H18N2OS.ClH/c1-7(2)10(12)11(14)13-8(3)9-5-4-6-15-9;/h4-8,10H,12H2,1-3H3,(H,13,14);1H. The summed E-state index contributed by atoms with van der Waals surface area (Å²) >= 11 is 1.64. The molecule has 0 fully saturated rings. The monoisotopic (exact) mass is 262 g/mol. The van der Waals surface area contributed by atoms with Gasteiger partial charge in [-0.15, -0.1) is 23.7 Å². The van der Waals surface area contributed by atoms with Gasteiger partial charge in [0, 0.05) is 4.88 Å². The van der Waals surface area contributed by atoms with Gasteiger partial charge in [-0.3, -0.25) is 4.79 Å². The SMILES string of the molecule is CC(NC(=O)C(N)C(C)C)c1cccs1.Cl. The van der Waals surface area contributed by atoms with Crippen LogP contribution in [-0.2, 0) is 4.79 Å². The van der Waals surface area contributed by atoms with Crippen molar-refractivity contribution in [2.75, 3.05) is 0 Å². The Bertz CT molecular complexity index is 314. The Morgan fingerprint density at radius 2 is 2.06 bits per heavy atom. The molecule has 2 unspecified atom stereocenters. The van der Waals surface area contributed by atoms with Gasteiger partial charge in [0.15, 0.2) is 0 Å². The van der Waals surface area contributed by atoms with Gasteiger partial charge in [0.25, 0.3) is 0 Å². The molecule has 0 bridgehead atoms. The number of nitrogens with two attached hydrogens (primary N) is 1. The molecule has 1 aromatic heterocycles. The molecule has 0 aromatic carbocycles. The summed E-state index contributed by atoms with van der Waals surface area (Å²) in [5, 5.41) is 4.91. The number of carbonyl (C=O) groups excluding carboxylic acids is 1. The molecule has 16 heavy (non-hydrogen) atoms. The van der Waals surface area contributed by atoms with Crippen LogP contribution in [0.2, 0.25) is 0 Å². The number of hydrogen-bond acceptors (Lipinski definition) is 3. The van der Waals surface area contributed by atoms with Crippen LogP contribution in [-0.4, -0.2) is 11.9 Å². The molecular weight excluding hydrogens is 244 g/mol. The average Bonchev–Trinajstić information content (AvgIpc) is 2.68. The van der Waals surface area contributed by atoms with E-state index in [9.17, 15) is 4.79 Å². The maximum absolute atomic E-state index is 11.7. The minimum Gasteiger partial charge on any atom is -0.347 e. The number of halogens is 1. The summed E-state index contributed by atoms with van der Waals surface area (Å²) in [4.78, 5) is 12.8.